The number of thiophene rings is 1. The summed E-state index contributed by atoms with van der Waals surface area (Å²) in [7, 11) is 1.55. The fraction of sp³-hybridized carbons (Fsp3) is 0.0476. The molecule has 0 saturated heterocycles. The Labute approximate surface area is 309 Å². The molecule has 0 radical (unpaired) electrons. The molecule has 52 heavy (non-hydrogen) atoms. The van der Waals surface area contributed by atoms with Gasteiger partial charge in [0.25, 0.3) is 11.8 Å². The van der Waals surface area contributed by atoms with E-state index < -0.39 is 17.1 Å². The van der Waals surface area contributed by atoms with Crippen molar-refractivity contribution < 1.29 is 19.1 Å². The topological polar surface area (TPSA) is 120 Å². The number of benzene rings is 5. The average Bonchev–Trinajstić information content (AvgIpc) is 3.60. The average molecular weight is 721 g/mol. The first-order chi connectivity index (χ1) is 25.4. The summed E-state index contributed by atoms with van der Waals surface area (Å²) in [6.07, 6.45) is 1.58. The van der Waals surface area contributed by atoms with E-state index in [0.29, 0.717) is 38.0 Å². The first kappa shape index (κ1) is 35.4. The lowest BCUT2D eigenvalue weighted by Crippen LogP contribution is -2.30. The maximum atomic E-state index is 14.0. The van der Waals surface area contributed by atoms with E-state index in [1.54, 1.807) is 86.0 Å². The van der Waals surface area contributed by atoms with Crippen LogP contribution >= 0.6 is 23.1 Å². The quantitative estimate of drug-likeness (QED) is 0.0857. The molecule has 6 rings (SSSR count). The van der Waals surface area contributed by atoms with Crippen molar-refractivity contribution in [1.29, 1.82) is 5.26 Å². The van der Waals surface area contributed by atoms with E-state index >= 15 is 0 Å². The van der Waals surface area contributed by atoms with Gasteiger partial charge in [0, 0.05) is 27.1 Å². The number of nitrogens with zero attached hydrogens (tertiary/aromatic N) is 1. The molecule has 0 aliphatic carbocycles. The lowest BCUT2D eigenvalue weighted by Gasteiger charge is -2.17. The fourth-order valence-electron chi connectivity index (χ4n) is 5.29. The monoisotopic (exact) mass is 720 g/mol. The minimum atomic E-state index is -0.686. The summed E-state index contributed by atoms with van der Waals surface area (Å²) in [5, 5.41) is 20.4. The van der Waals surface area contributed by atoms with Crippen molar-refractivity contribution in [1.82, 2.24) is 5.32 Å². The second kappa shape index (κ2) is 17.0. The Bertz CT molecular complexity index is 2270. The van der Waals surface area contributed by atoms with Crippen molar-refractivity contribution in [3.8, 4) is 22.9 Å². The Morgan fingerprint density at radius 2 is 1.50 bits per heavy atom. The van der Waals surface area contributed by atoms with Gasteiger partial charge in [0.15, 0.2) is 0 Å². The maximum absolute atomic E-state index is 14.0. The number of nitrogens with one attached hydrogen (secondary N) is 3. The molecule has 1 unspecified atom stereocenters. The van der Waals surface area contributed by atoms with Gasteiger partial charge >= 0.3 is 0 Å². The third-order valence-corrected chi connectivity index (χ3v) is 9.99. The molecule has 3 N–H and O–H groups in total. The highest BCUT2D eigenvalue weighted by Crippen LogP contribution is 2.40. The van der Waals surface area contributed by atoms with E-state index in [9.17, 15) is 19.6 Å². The summed E-state index contributed by atoms with van der Waals surface area (Å²) < 4.78 is 5.34. The van der Waals surface area contributed by atoms with Crippen LogP contribution in [0.4, 0.5) is 10.7 Å². The molecule has 8 nitrogen and oxygen atoms in total. The van der Waals surface area contributed by atoms with Gasteiger partial charge < -0.3 is 20.7 Å². The third-order valence-electron chi connectivity index (χ3n) is 7.84. The highest BCUT2D eigenvalue weighted by Gasteiger charge is 2.25. The minimum Gasteiger partial charge on any atom is -0.497 e. The zero-order valence-electron chi connectivity index (χ0n) is 27.9. The molecule has 0 saturated carbocycles. The zero-order chi connectivity index (χ0) is 36.3. The van der Waals surface area contributed by atoms with Crippen LogP contribution in [0.15, 0.2) is 155 Å². The van der Waals surface area contributed by atoms with Crippen molar-refractivity contribution in [2.75, 3.05) is 17.7 Å². The number of carbonyl (C=O) groups is 3. The van der Waals surface area contributed by atoms with E-state index in [1.807, 2.05) is 72.1 Å². The second-order valence-corrected chi connectivity index (χ2v) is 13.4. The fourth-order valence-corrected chi connectivity index (χ4v) is 7.30. The van der Waals surface area contributed by atoms with E-state index in [-0.39, 0.29) is 11.6 Å². The molecule has 0 bridgehead atoms. The zero-order valence-corrected chi connectivity index (χ0v) is 29.5. The summed E-state index contributed by atoms with van der Waals surface area (Å²) in [6.45, 7) is 0. The summed E-state index contributed by atoms with van der Waals surface area (Å²) in [6, 6.07) is 44.1. The maximum Gasteiger partial charge on any atom is 0.272 e. The van der Waals surface area contributed by atoms with Gasteiger partial charge in [-0.2, -0.15) is 5.26 Å². The van der Waals surface area contributed by atoms with Gasteiger partial charge in [-0.1, -0.05) is 97.1 Å². The first-order valence-electron chi connectivity index (χ1n) is 16.1. The molecule has 0 aliphatic rings. The number of rotatable bonds is 12. The Morgan fingerprint density at radius 3 is 2.21 bits per heavy atom. The number of hydrogen-bond acceptors (Lipinski definition) is 7. The summed E-state index contributed by atoms with van der Waals surface area (Å²) >= 11 is 2.62. The molecule has 3 amide bonds. The Morgan fingerprint density at radius 1 is 0.808 bits per heavy atom. The molecular formula is C42H32N4O4S2. The Balaban J connectivity index is 1.24. The number of hydrogen-bond donors (Lipinski definition) is 3. The van der Waals surface area contributed by atoms with Crippen molar-refractivity contribution in [3.05, 3.63) is 173 Å². The summed E-state index contributed by atoms with van der Waals surface area (Å²) in [4.78, 5) is 41.6. The van der Waals surface area contributed by atoms with E-state index in [1.165, 1.54) is 23.1 Å². The van der Waals surface area contributed by atoms with Crippen LogP contribution in [0, 0.1) is 11.3 Å². The molecule has 5 aromatic carbocycles. The highest BCUT2D eigenvalue weighted by atomic mass is 32.2. The van der Waals surface area contributed by atoms with Gasteiger partial charge in [-0.05, 0) is 65.2 Å². The number of methoxy groups -OCH3 is 1. The van der Waals surface area contributed by atoms with Crippen molar-refractivity contribution >= 4 is 57.6 Å². The SMILES string of the molecule is COc1cccc(/C=C(\NC(=O)c2ccccc2)C(=O)Nc2cccc(SC(C(=O)Nc3scc(-c4ccccc4)c3C#N)c3ccccc3)c2)c1. The highest BCUT2D eigenvalue weighted by molar-refractivity contribution is 8.00. The van der Waals surface area contributed by atoms with Crippen LogP contribution in [0.3, 0.4) is 0 Å². The normalized spacial score (nSPS) is 11.5. The Hall–Kier alpha value is -6.41. The van der Waals surface area contributed by atoms with Gasteiger partial charge in [-0.15, -0.1) is 23.1 Å². The third kappa shape index (κ3) is 8.84. The standard InChI is InChI=1S/C42H32N4O4S2/c1-50-33-21-11-13-28(23-33)24-37(45-39(47)31-18-9-4-10-19-31)40(48)44-32-20-12-22-34(25-32)52-38(30-16-7-3-8-17-30)41(49)46-42-35(26-43)36(27-51-42)29-14-5-2-6-15-29/h2-25,27,38H,1H3,(H,44,48)(H,45,47)(H,46,49)/b37-24-. The molecule has 0 aliphatic heterocycles. The minimum absolute atomic E-state index is 0.0285. The number of thioether (sulfide) groups is 1. The van der Waals surface area contributed by atoms with Gasteiger partial charge in [0.2, 0.25) is 5.91 Å². The van der Waals surface area contributed by atoms with Crippen LogP contribution in [-0.2, 0) is 9.59 Å². The number of amides is 3. The van der Waals surface area contributed by atoms with Gasteiger partial charge in [0.1, 0.15) is 27.8 Å². The number of carbonyl (C=O) groups excluding carboxylic acids is 3. The molecule has 0 spiro atoms. The molecule has 1 atom stereocenters. The summed E-state index contributed by atoms with van der Waals surface area (Å²) in [5.41, 5.74) is 4.37. The molecular weight excluding hydrogens is 689 g/mol. The molecule has 1 heterocycles. The first-order valence-corrected chi connectivity index (χ1v) is 17.9. The van der Waals surface area contributed by atoms with Gasteiger partial charge in [-0.3, -0.25) is 14.4 Å². The van der Waals surface area contributed by atoms with Crippen LogP contribution in [0.2, 0.25) is 0 Å². The van der Waals surface area contributed by atoms with Crippen molar-refractivity contribution in [3.63, 3.8) is 0 Å². The lowest BCUT2D eigenvalue weighted by atomic mass is 10.1. The van der Waals surface area contributed by atoms with Crippen LogP contribution in [-0.4, -0.2) is 24.8 Å². The predicted molar refractivity (Wildman–Crippen MR) is 208 cm³/mol. The van der Waals surface area contributed by atoms with Crippen molar-refractivity contribution in [2.45, 2.75) is 10.1 Å². The molecule has 256 valence electrons. The van der Waals surface area contributed by atoms with Crippen LogP contribution in [0.25, 0.3) is 17.2 Å². The largest absolute Gasteiger partial charge is 0.497 e. The van der Waals surface area contributed by atoms with Gasteiger partial charge in [-0.25, -0.2) is 0 Å². The molecule has 6 aromatic rings. The predicted octanol–water partition coefficient (Wildman–Crippen LogP) is 9.18. The van der Waals surface area contributed by atoms with E-state index in [0.717, 1.165) is 16.7 Å². The van der Waals surface area contributed by atoms with Crippen LogP contribution in [0.5, 0.6) is 5.75 Å². The number of anilines is 2. The molecule has 0 fully saturated rings. The lowest BCUT2D eigenvalue weighted by molar-refractivity contribution is -0.116. The molecule has 1 aromatic heterocycles. The van der Waals surface area contributed by atoms with Gasteiger partial charge in [0.05, 0.1) is 12.7 Å². The number of ether oxygens (including phenoxy) is 1. The van der Waals surface area contributed by atoms with Crippen LogP contribution in [0.1, 0.15) is 32.3 Å². The smallest absolute Gasteiger partial charge is 0.272 e. The second-order valence-electron chi connectivity index (χ2n) is 11.4. The van der Waals surface area contributed by atoms with Crippen LogP contribution < -0.4 is 20.7 Å². The van der Waals surface area contributed by atoms with E-state index in [2.05, 4.69) is 22.0 Å². The summed E-state index contributed by atoms with van der Waals surface area (Å²) in [5.74, 6) is -0.672. The molecule has 10 heteroatoms. The number of nitriles is 1. The Kier molecular flexibility index (Phi) is 11.6. The van der Waals surface area contributed by atoms with Crippen molar-refractivity contribution in [2.24, 2.45) is 0 Å². The van der Waals surface area contributed by atoms with E-state index in [4.69, 9.17) is 4.74 Å².